The first kappa shape index (κ1) is 22.8. The van der Waals surface area contributed by atoms with Crippen molar-refractivity contribution in [3.05, 3.63) is 94.0 Å². The van der Waals surface area contributed by atoms with Crippen molar-refractivity contribution in [1.29, 1.82) is 0 Å². The summed E-state index contributed by atoms with van der Waals surface area (Å²) in [5, 5.41) is 22.1. The molecular formula is C24H25N3O6. The number of benzene rings is 2. The van der Waals surface area contributed by atoms with Crippen molar-refractivity contribution in [2.24, 2.45) is 0 Å². The van der Waals surface area contributed by atoms with Gasteiger partial charge in [0.05, 0.1) is 25.9 Å². The van der Waals surface area contributed by atoms with Crippen molar-refractivity contribution in [1.82, 2.24) is 9.55 Å². The SMILES string of the molecule is O=C(Nc1nc(=O)n([C@H]2C[C@H](O)[C@@H](CO)O2)cc1COCc1ccccc1)c1ccccc1. The fourth-order valence-electron chi connectivity index (χ4n) is 3.60. The number of aromatic nitrogens is 2. The number of nitrogens with zero attached hydrogens (tertiary/aromatic N) is 2. The standard InChI is InChI=1S/C24H25N3O6/c28-13-20-19(29)11-21(33-20)27-12-18(15-32-14-16-7-3-1-4-8-16)22(26-24(27)31)25-23(30)17-9-5-2-6-10-17/h1-10,12,19-21,28-29H,11,13-15H2,(H,25,26,30,31)/t19-,20+,21+/m0/s1. The van der Waals surface area contributed by atoms with Crippen LogP contribution in [0.4, 0.5) is 5.82 Å². The van der Waals surface area contributed by atoms with Gasteiger partial charge >= 0.3 is 5.69 Å². The summed E-state index contributed by atoms with van der Waals surface area (Å²) in [4.78, 5) is 29.4. The Hall–Kier alpha value is -3.37. The summed E-state index contributed by atoms with van der Waals surface area (Å²) in [6.07, 6.45) is -0.826. The van der Waals surface area contributed by atoms with E-state index in [9.17, 15) is 19.8 Å². The average Bonchev–Trinajstić information content (AvgIpc) is 3.22. The molecule has 0 unspecified atom stereocenters. The van der Waals surface area contributed by atoms with Crippen LogP contribution >= 0.6 is 0 Å². The molecule has 2 aromatic carbocycles. The number of hydrogen-bond acceptors (Lipinski definition) is 7. The molecule has 1 aromatic heterocycles. The Morgan fingerprint density at radius 1 is 1.12 bits per heavy atom. The minimum atomic E-state index is -0.901. The zero-order chi connectivity index (χ0) is 23.2. The number of hydrogen-bond donors (Lipinski definition) is 3. The molecule has 33 heavy (non-hydrogen) atoms. The van der Waals surface area contributed by atoms with Crippen LogP contribution in [-0.4, -0.2) is 44.5 Å². The Morgan fingerprint density at radius 3 is 2.48 bits per heavy atom. The number of ether oxygens (including phenoxy) is 2. The highest BCUT2D eigenvalue weighted by molar-refractivity contribution is 6.04. The van der Waals surface area contributed by atoms with Gasteiger partial charge in [0.15, 0.2) is 0 Å². The van der Waals surface area contributed by atoms with Gasteiger partial charge in [-0.3, -0.25) is 9.36 Å². The van der Waals surface area contributed by atoms with Crippen LogP contribution in [0.1, 0.15) is 34.1 Å². The van der Waals surface area contributed by atoms with E-state index in [0.29, 0.717) is 17.7 Å². The summed E-state index contributed by atoms with van der Waals surface area (Å²) in [5.41, 5.74) is 1.22. The molecule has 3 atom stereocenters. The lowest BCUT2D eigenvalue weighted by atomic mass is 10.2. The van der Waals surface area contributed by atoms with E-state index >= 15 is 0 Å². The van der Waals surface area contributed by atoms with Crippen LogP contribution in [-0.2, 0) is 22.7 Å². The molecule has 2 heterocycles. The molecule has 3 N–H and O–H groups in total. The van der Waals surface area contributed by atoms with Crippen LogP contribution in [0.25, 0.3) is 0 Å². The fraction of sp³-hybridized carbons (Fsp3) is 0.292. The van der Waals surface area contributed by atoms with Gasteiger partial charge in [-0.1, -0.05) is 48.5 Å². The second-order valence-corrected chi connectivity index (χ2v) is 7.72. The van der Waals surface area contributed by atoms with Crippen LogP contribution in [0.2, 0.25) is 0 Å². The molecule has 172 valence electrons. The molecule has 0 radical (unpaired) electrons. The summed E-state index contributed by atoms with van der Waals surface area (Å²) in [6.45, 7) is 0.0423. The lowest BCUT2D eigenvalue weighted by Crippen LogP contribution is -2.30. The van der Waals surface area contributed by atoms with Crippen molar-refractivity contribution in [3.8, 4) is 0 Å². The number of rotatable bonds is 8. The van der Waals surface area contributed by atoms with Gasteiger partial charge < -0.3 is 25.0 Å². The monoisotopic (exact) mass is 451 g/mol. The van der Waals surface area contributed by atoms with Crippen molar-refractivity contribution in [2.75, 3.05) is 11.9 Å². The van der Waals surface area contributed by atoms with E-state index in [2.05, 4.69) is 10.3 Å². The minimum Gasteiger partial charge on any atom is -0.394 e. The van der Waals surface area contributed by atoms with E-state index in [1.807, 2.05) is 30.3 Å². The predicted molar refractivity (Wildman–Crippen MR) is 119 cm³/mol. The molecule has 1 fully saturated rings. The number of aliphatic hydroxyl groups is 2. The van der Waals surface area contributed by atoms with Crippen LogP contribution in [0, 0.1) is 0 Å². The largest absolute Gasteiger partial charge is 0.394 e. The quantitative estimate of drug-likeness (QED) is 0.478. The second kappa shape index (κ2) is 10.5. The number of anilines is 1. The van der Waals surface area contributed by atoms with Gasteiger partial charge in [-0.25, -0.2) is 4.79 Å². The molecule has 1 aliphatic heterocycles. The first-order valence-corrected chi connectivity index (χ1v) is 10.6. The maximum absolute atomic E-state index is 12.7. The summed E-state index contributed by atoms with van der Waals surface area (Å²) in [5.74, 6) is -0.312. The molecule has 1 aliphatic rings. The molecule has 0 spiro atoms. The summed E-state index contributed by atoms with van der Waals surface area (Å²) in [7, 11) is 0. The number of carbonyl (C=O) groups is 1. The predicted octanol–water partition coefficient (Wildman–Crippen LogP) is 1.85. The van der Waals surface area contributed by atoms with E-state index in [4.69, 9.17) is 9.47 Å². The smallest absolute Gasteiger partial charge is 0.351 e. The molecule has 9 nitrogen and oxygen atoms in total. The summed E-state index contributed by atoms with van der Waals surface area (Å²) < 4.78 is 12.7. The van der Waals surface area contributed by atoms with Crippen molar-refractivity contribution >= 4 is 11.7 Å². The summed E-state index contributed by atoms with van der Waals surface area (Å²) in [6, 6.07) is 18.2. The van der Waals surface area contributed by atoms with Crippen molar-refractivity contribution < 1.29 is 24.5 Å². The van der Waals surface area contributed by atoms with E-state index in [1.54, 1.807) is 30.3 Å². The summed E-state index contributed by atoms with van der Waals surface area (Å²) >= 11 is 0. The zero-order valence-electron chi connectivity index (χ0n) is 17.8. The number of nitrogens with one attached hydrogen (secondary N) is 1. The molecule has 9 heteroatoms. The van der Waals surface area contributed by atoms with Crippen LogP contribution in [0.5, 0.6) is 0 Å². The van der Waals surface area contributed by atoms with Gasteiger partial charge in [0.1, 0.15) is 18.1 Å². The normalized spacial score (nSPS) is 20.0. The topological polar surface area (TPSA) is 123 Å². The Morgan fingerprint density at radius 2 is 1.82 bits per heavy atom. The maximum atomic E-state index is 12.7. The zero-order valence-corrected chi connectivity index (χ0v) is 17.8. The van der Waals surface area contributed by atoms with Crippen LogP contribution in [0.3, 0.4) is 0 Å². The van der Waals surface area contributed by atoms with E-state index in [1.165, 1.54) is 10.8 Å². The molecule has 1 saturated heterocycles. The first-order chi connectivity index (χ1) is 16.0. The second-order valence-electron chi connectivity index (χ2n) is 7.72. The Balaban J connectivity index is 1.59. The third kappa shape index (κ3) is 5.52. The lowest BCUT2D eigenvalue weighted by molar-refractivity contribution is -0.0460. The number of amides is 1. The average molecular weight is 451 g/mol. The first-order valence-electron chi connectivity index (χ1n) is 10.6. The minimum absolute atomic E-state index is 0.0747. The Bertz CT molecular complexity index is 1140. The third-order valence-corrected chi connectivity index (χ3v) is 5.36. The van der Waals surface area contributed by atoms with Gasteiger partial charge in [-0.15, -0.1) is 0 Å². The van der Waals surface area contributed by atoms with E-state index in [0.717, 1.165) is 5.56 Å². The molecule has 0 saturated carbocycles. The highest BCUT2D eigenvalue weighted by Gasteiger charge is 2.35. The lowest BCUT2D eigenvalue weighted by Gasteiger charge is -2.18. The van der Waals surface area contributed by atoms with E-state index < -0.39 is 30.0 Å². The molecule has 3 aromatic rings. The Labute approximate surface area is 190 Å². The number of aliphatic hydroxyl groups excluding tert-OH is 2. The maximum Gasteiger partial charge on any atom is 0.351 e. The van der Waals surface area contributed by atoms with Gasteiger partial charge in [0, 0.05) is 23.7 Å². The van der Waals surface area contributed by atoms with Gasteiger partial charge in [0.2, 0.25) is 0 Å². The van der Waals surface area contributed by atoms with Gasteiger partial charge in [0.25, 0.3) is 5.91 Å². The third-order valence-electron chi connectivity index (χ3n) is 5.36. The van der Waals surface area contributed by atoms with Crippen molar-refractivity contribution in [3.63, 3.8) is 0 Å². The van der Waals surface area contributed by atoms with Gasteiger partial charge in [-0.05, 0) is 17.7 Å². The highest BCUT2D eigenvalue weighted by Crippen LogP contribution is 2.28. The highest BCUT2D eigenvalue weighted by atomic mass is 16.5. The van der Waals surface area contributed by atoms with E-state index in [-0.39, 0.29) is 25.5 Å². The van der Waals surface area contributed by atoms with Crippen LogP contribution in [0.15, 0.2) is 71.7 Å². The molecule has 0 aliphatic carbocycles. The molecule has 4 rings (SSSR count). The van der Waals surface area contributed by atoms with Crippen molar-refractivity contribution in [2.45, 2.75) is 38.1 Å². The Kier molecular flexibility index (Phi) is 7.26. The molecule has 0 bridgehead atoms. The van der Waals surface area contributed by atoms with Crippen LogP contribution < -0.4 is 11.0 Å². The molecular weight excluding hydrogens is 426 g/mol. The fourth-order valence-corrected chi connectivity index (χ4v) is 3.60. The number of carbonyl (C=O) groups excluding carboxylic acids is 1. The molecule has 1 amide bonds. The van der Waals surface area contributed by atoms with Gasteiger partial charge in [-0.2, -0.15) is 4.98 Å².